The molecule has 148 valence electrons. The predicted octanol–water partition coefficient (Wildman–Crippen LogP) is 3.35. The average Bonchev–Trinajstić information content (AvgIpc) is 3.30. The van der Waals surface area contributed by atoms with Gasteiger partial charge >= 0.3 is 6.03 Å². The first-order valence-electron chi connectivity index (χ1n) is 9.26. The van der Waals surface area contributed by atoms with Crippen LogP contribution in [0.3, 0.4) is 0 Å². The van der Waals surface area contributed by atoms with Gasteiger partial charge in [-0.25, -0.2) is 13.9 Å². The Balaban J connectivity index is 1.83. The van der Waals surface area contributed by atoms with Crippen LogP contribution < -0.4 is 15.4 Å². The minimum absolute atomic E-state index is 0.375. The first-order chi connectivity index (χ1) is 14.1. The first-order valence-corrected chi connectivity index (χ1v) is 9.26. The number of ether oxygens (including phenoxy) is 1. The second kappa shape index (κ2) is 7.75. The highest BCUT2D eigenvalue weighted by molar-refractivity contribution is 6.05. The summed E-state index contributed by atoms with van der Waals surface area (Å²) < 4.78 is 20.8. The maximum Gasteiger partial charge on any atom is 0.322 e. The Morgan fingerprint density at radius 3 is 2.59 bits per heavy atom. The van der Waals surface area contributed by atoms with Gasteiger partial charge in [-0.3, -0.25) is 10.1 Å². The summed E-state index contributed by atoms with van der Waals surface area (Å²) >= 11 is 0. The Hall–Kier alpha value is -3.68. The molecule has 2 heterocycles. The number of hydrogen-bond acceptors (Lipinski definition) is 4. The smallest absolute Gasteiger partial charge is 0.322 e. The monoisotopic (exact) mass is 394 g/mol. The molecule has 3 amide bonds. The van der Waals surface area contributed by atoms with Crippen LogP contribution in [0.4, 0.5) is 9.18 Å². The summed E-state index contributed by atoms with van der Waals surface area (Å²) in [7, 11) is 0. The normalized spacial score (nSPS) is 15.9. The van der Waals surface area contributed by atoms with Crippen molar-refractivity contribution in [3.63, 3.8) is 0 Å². The lowest BCUT2D eigenvalue weighted by Gasteiger charge is -2.10. The van der Waals surface area contributed by atoms with Gasteiger partial charge in [-0.1, -0.05) is 19.1 Å². The topological polar surface area (TPSA) is 85.2 Å². The zero-order chi connectivity index (χ0) is 20.4. The van der Waals surface area contributed by atoms with E-state index in [1.807, 2.05) is 31.2 Å². The number of imide groups is 1. The molecule has 2 aromatic carbocycles. The molecular formula is C21H19FN4O3. The molecule has 1 atom stereocenters. The molecule has 0 aliphatic carbocycles. The zero-order valence-electron chi connectivity index (χ0n) is 15.7. The average molecular weight is 394 g/mol. The van der Waals surface area contributed by atoms with Gasteiger partial charge in [0.1, 0.15) is 23.3 Å². The molecule has 1 unspecified atom stereocenters. The molecule has 1 fully saturated rings. The summed E-state index contributed by atoms with van der Waals surface area (Å²) in [5, 5.41) is 9.46. The van der Waals surface area contributed by atoms with Crippen molar-refractivity contribution in [2.75, 3.05) is 6.61 Å². The molecule has 1 aliphatic heterocycles. The standard InChI is InChI=1S/C21H19FN4O3/c1-2-11-29-17-6-4-3-5-16(17)26-12-15(19-20(27)24-21(28)23-19)18(25-26)13-7-9-14(22)10-8-13/h3-10,12,19H,2,11H2,1H3,(H2,23,24,27,28). The second-order valence-electron chi connectivity index (χ2n) is 6.60. The molecule has 2 N–H and O–H groups in total. The fraction of sp³-hybridized carbons (Fsp3) is 0.190. The molecule has 3 aromatic rings. The van der Waals surface area contributed by atoms with Crippen LogP contribution in [0.2, 0.25) is 0 Å². The molecule has 4 rings (SSSR count). The lowest BCUT2D eigenvalue weighted by Crippen LogP contribution is -2.22. The Morgan fingerprint density at radius 2 is 1.90 bits per heavy atom. The first kappa shape index (κ1) is 18.7. The van der Waals surface area contributed by atoms with E-state index in [0.717, 1.165) is 6.42 Å². The number of para-hydroxylation sites is 2. The molecule has 1 saturated heterocycles. The lowest BCUT2D eigenvalue weighted by atomic mass is 10.0. The molecule has 0 spiro atoms. The van der Waals surface area contributed by atoms with E-state index >= 15 is 0 Å². The Morgan fingerprint density at radius 1 is 1.14 bits per heavy atom. The fourth-order valence-corrected chi connectivity index (χ4v) is 3.17. The number of urea groups is 1. The second-order valence-corrected chi connectivity index (χ2v) is 6.60. The van der Waals surface area contributed by atoms with E-state index < -0.39 is 18.0 Å². The van der Waals surface area contributed by atoms with Crippen LogP contribution in [-0.4, -0.2) is 28.3 Å². The Kier molecular flexibility index (Phi) is 4.99. The molecule has 1 aliphatic rings. The number of aromatic nitrogens is 2. The largest absolute Gasteiger partial charge is 0.491 e. The lowest BCUT2D eigenvalue weighted by molar-refractivity contribution is -0.120. The number of carbonyl (C=O) groups excluding carboxylic acids is 2. The SMILES string of the molecule is CCCOc1ccccc1-n1cc(C2NC(=O)NC2=O)c(-c2ccc(F)cc2)n1. The van der Waals surface area contributed by atoms with Crippen molar-refractivity contribution in [3.05, 3.63) is 66.1 Å². The highest BCUT2D eigenvalue weighted by atomic mass is 19.1. The highest BCUT2D eigenvalue weighted by Crippen LogP contribution is 2.32. The summed E-state index contributed by atoms with van der Waals surface area (Å²) in [4.78, 5) is 23.9. The van der Waals surface area contributed by atoms with Crippen molar-refractivity contribution in [2.24, 2.45) is 0 Å². The van der Waals surface area contributed by atoms with Crippen LogP contribution >= 0.6 is 0 Å². The number of benzene rings is 2. The predicted molar refractivity (Wildman–Crippen MR) is 104 cm³/mol. The van der Waals surface area contributed by atoms with Crippen molar-refractivity contribution in [2.45, 2.75) is 19.4 Å². The van der Waals surface area contributed by atoms with Gasteiger partial charge in [0, 0.05) is 17.3 Å². The summed E-state index contributed by atoms with van der Waals surface area (Å²) in [5.41, 5.74) is 2.30. The van der Waals surface area contributed by atoms with E-state index in [9.17, 15) is 14.0 Å². The summed E-state index contributed by atoms with van der Waals surface area (Å²) in [5.74, 6) is -0.192. The molecular weight excluding hydrogens is 375 g/mol. The van der Waals surface area contributed by atoms with Gasteiger partial charge in [0.2, 0.25) is 0 Å². The third-order valence-electron chi connectivity index (χ3n) is 4.52. The number of nitrogens with one attached hydrogen (secondary N) is 2. The van der Waals surface area contributed by atoms with Crippen molar-refractivity contribution < 1.29 is 18.7 Å². The van der Waals surface area contributed by atoms with Crippen molar-refractivity contribution in [1.82, 2.24) is 20.4 Å². The maximum atomic E-state index is 13.4. The summed E-state index contributed by atoms with van der Waals surface area (Å²) in [6.07, 6.45) is 2.54. The van der Waals surface area contributed by atoms with Crippen LogP contribution in [0.1, 0.15) is 24.9 Å². The number of nitrogens with zero attached hydrogens (tertiary/aromatic N) is 2. The molecule has 8 heteroatoms. The zero-order valence-corrected chi connectivity index (χ0v) is 15.7. The van der Waals surface area contributed by atoms with E-state index in [4.69, 9.17) is 4.74 Å². The van der Waals surface area contributed by atoms with Gasteiger partial charge in [0.15, 0.2) is 0 Å². The van der Waals surface area contributed by atoms with Gasteiger partial charge in [-0.2, -0.15) is 5.10 Å². The number of amides is 3. The van der Waals surface area contributed by atoms with Gasteiger partial charge in [-0.15, -0.1) is 0 Å². The van der Waals surface area contributed by atoms with Crippen molar-refractivity contribution in [3.8, 4) is 22.7 Å². The minimum atomic E-state index is -0.889. The quantitative estimate of drug-likeness (QED) is 0.628. The minimum Gasteiger partial charge on any atom is -0.491 e. The van der Waals surface area contributed by atoms with E-state index in [1.165, 1.54) is 12.1 Å². The molecule has 0 saturated carbocycles. The van der Waals surface area contributed by atoms with E-state index in [2.05, 4.69) is 15.7 Å². The molecule has 1 aromatic heterocycles. The van der Waals surface area contributed by atoms with E-state index in [1.54, 1.807) is 23.0 Å². The Labute approximate surface area is 166 Å². The number of rotatable bonds is 6. The summed E-state index contributed by atoms with van der Waals surface area (Å²) in [6.45, 7) is 2.57. The Bertz CT molecular complexity index is 1060. The number of hydrogen-bond donors (Lipinski definition) is 2. The summed E-state index contributed by atoms with van der Waals surface area (Å²) in [6, 6.07) is 11.8. The van der Waals surface area contributed by atoms with Crippen molar-refractivity contribution >= 4 is 11.9 Å². The van der Waals surface area contributed by atoms with Gasteiger partial charge in [-0.05, 0) is 42.8 Å². The third-order valence-corrected chi connectivity index (χ3v) is 4.52. The maximum absolute atomic E-state index is 13.4. The van der Waals surface area contributed by atoms with Crippen LogP contribution in [-0.2, 0) is 4.79 Å². The highest BCUT2D eigenvalue weighted by Gasteiger charge is 2.34. The molecule has 0 radical (unpaired) electrons. The van der Waals surface area contributed by atoms with Gasteiger partial charge in [0.05, 0.1) is 12.3 Å². The number of carbonyl (C=O) groups is 2. The fourth-order valence-electron chi connectivity index (χ4n) is 3.17. The van der Waals surface area contributed by atoms with Crippen LogP contribution in [0.5, 0.6) is 5.75 Å². The third kappa shape index (κ3) is 3.69. The molecule has 0 bridgehead atoms. The number of halogens is 1. The van der Waals surface area contributed by atoms with Gasteiger partial charge < -0.3 is 10.1 Å². The van der Waals surface area contributed by atoms with E-state index in [-0.39, 0.29) is 5.82 Å². The van der Waals surface area contributed by atoms with Crippen LogP contribution in [0.25, 0.3) is 16.9 Å². The van der Waals surface area contributed by atoms with Gasteiger partial charge in [0.25, 0.3) is 5.91 Å². The van der Waals surface area contributed by atoms with E-state index in [0.29, 0.717) is 34.9 Å². The molecule has 7 nitrogen and oxygen atoms in total. The van der Waals surface area contributed by atoms with Crippen LogP contribution in [0, 0.1) is 5.82 Å². The van der Waals surface area contributed by atoms with Crippen LogP contribution in [0.15, 0.2) is 54.7 Å². The van der Waals surface area contributed by atoms with Crippen molar-refractivity contribution in [1.29, 1.82) is 0 Å². The molecule has 29 heavy (non-hydrogen) atoms.